The summed E-state index contributed by atoms with van der Waals surface area (Å²) >= 11 is 0. The predicted octanol–water partition coefficient (Wildman–Crippen LogP) is -0.0165. The summed E-state index contributed by atoms with van der Waals surface area (Å²) in [7, 11) is 0. The van der Waals surface area contributed by atoms with Gasteiger partial charge in [-0.15, -0.1) is 0 Å². The molecule has 0 spiro atoms. The van der Waals surface area contributed by atoms with Crippen molar-refractivity contribution in [3.05, 3.63) is 18.7 Å². The number of aliphatic hydroxyl groups is 1. The number of aromatic nitrogens is 2. The van der Waals surface area contributed by atoms with Gasteiger partial charge in [0.25, 0.3) is 0 Å². The van der Waals surface area contributed by atoms with Gasteiger partial charge in [0.15, 0.2) is 0 Å². The fourth-order valence-corrected chi connectivity index (χ4v) is 0.877. The van der Waals surface area contributed by atoms with Gasteiger partial charge in [-0.2, -0.15) is 0 Å². The second-order valence-corrected chi connectivity index (χ2v) is 2.36. The molecular weight excluding hydrogens is 142 g/mol. The Morgan fingerprint density at radius 2 is 2.55 bits per heavy atom. The lowest BCUT2D eigenvalue weighted by atomic mass is 10.5. The minimum Gasteiger partial charge on any atom is -0.395 e. The van der Waals surface area contributed by atoms with Crippen molar-refractivity contribution >= 4 is 0 Å². The standard InChI is InChI=1S/C7H13N3O/c1-7(9-3-5-11)10-4-2-8-6-10/h2,4,6-7,9,11H,3,5H2,1H3. The number of imidazole rings is 1. The Kier molecular flexibility index (Phi) is 3.07. The summed E-state index contributed by atoms with van der Waals surface area (Å²) in [5.41, 5.74) is 0. The first kappa shape index (κ1) is 8.23. The molecular formula is C7H13N3O. The zero-order chi connectivity index (χ0) is 8.10. The maximum Gasteiger partial charge on any atom is 0.0959 e. The van der Waals surface area contributed by atoms with Gasteiger partial charge in [0.05, 0.1) is 19.1 Å². The predicted molar refractivity (Wildman–Crippen MR) is 42.0 cm³/mol. The minimum absolute atomic E-state index is 0.166. The highest BCUT2D eigenvalue weighted by atomic mass is 16.3. The largest absolute Gasteiger partial charge is 0.395 e. The zero-order valence-electron chi connectivity index (χ0n) is 6.57. The second-order valence-electron chi connectivity index (χ2n) is 2.36. The normalized spacial score (nSPS) is 13.3. The summed E-state index contributed by atoms with van der Waals surface area (Å²) in [5, 5.41) is 11.6. The molecule has 1 unspecified atom stereocenters. The molecule has 2 N–H and O–H groups in total. The molecule has 1 rings (SSSR count). The molecule has 1 aromatic heterocycles. The van der Waals surface area contributed by atoms with Crippen LogP contribution in [0.3, 0.4) is 0 Å². The first-order valence-electron chi connectivity index (χ1n) is 3.66. The van der Waals surface area contributed by atoms with Gasteiger partial charge in [0, 0.05) is 18.9 Å². The first-order valence-corrected chi connectivity index (χ1v) is 3.66. The summed E-state index contributed by atoms with van der Waals surface area (Å²) in [6.07, 6.45) is 5.56. The van der Waals surface area contributed by atoms with Crippen molar-refractivity contribution in [1.29, 1.82) is 0 Å². The topological polar surface area (TPSA) is 50.1 Å². The van der Waals surface area contributed by atoms with Crippen LogP contribution in [-0.2, 0) is 0 Å². The molecule has 0 fully saturated rings. The molecule has 4 nitrogen and oxygen atoms in total. The lowest BCUT2D eigenvalue weighted by molar-refractivity contribution is 0.275. The Balaban J connectivity index is 2.36. The van der Waals surface area contributed by atoms with Gasteiger partial charge in [0.1, 0.15) is 0 Å². The van der Waals surface area contributed by atoms with Crippen LogP contribution in [0, 0.1) is 0 Å². The Hall–Kier alpha value is -0.870. The lowest BCUT2D eigenvalue weighted by Crippen LogP contribution is -2.25. The highest BCUT2D eigenvalue weighted by Crippen LogP contribution is 1.97. The van der Waals surface area contributed by atoms with Gasteiger partial charge in [-0.1, -0.05) is 0 Å². The average molecular weight is 155 g/mol. The summed E-state index contributed by atoms with van der Waals surface area (Å²) in [5.74, 6) is 0. The third-order valence-corrected chi connectivity index (χ3v) is 1.52. The molecule has 0 aliphatic carbocycles. The Morgan fingerprint density at radius 3 is 3.09 bits per heavy atom. The van der Waals surface area contributed by atoms with Gasteiger partial charge < -0.3 is 9.67 Å². The highest BCUT2D eigenvalue weighted by molar-refractivity contribution is 4.77. The monoisotopic (exact) mass is 155 g/mol. The second kappa shape index (κ2) is 4.10. The van der Waals surface area contributed by atoms with E-state index in [-0.39, 0.29) is 12.8 Å². The van der Waals surface area contributed by atoms with E-state index in [2.05, 4.69) is 10.3 Å². The summed E-state index contributed by atoms with van der Waals surface area (Å²) < 4.78 is 1.94. The van der Waals surface area contributed by atoms with Gasteiger partial charge >= 0.3 is 0 Å². The number of aliphatic hydroxyl groups excluding tert-OH is 1. The van der Waals surface area contributed by atoms with Crippen LogP contribution in [0.25, 0.3) is 0 Å². The molecule has 0 aliphatic rings. The molecule has 62 valence electrons. The van der Waals surface area contributed by atoms with Crippen LogP contribution in [0.2, 0.25) is 0 Å². The third kappa shape index (κ3) is 2.32. The molecule has 0 aromatic carbocycles. The van der Waals surface area contributed by atoms with Crippen molar-refractivity contribution in [2.24, 2.45) is 0 Å². The van der Waals surface area contributed by atoms with Gasteiger partial charge in [-0.05, 0) is 6.92 Å². The van der Waals surface area contributed by atoms with E-state index in [1.165, 1.54) is 0 Å². The van der Waals surface area contributed by atoms with E-state index in [1.807, 2.05) is 17.7 Å². The van der Waals surface area contributed by atoms with Crippen LogP contribution < -0.4 is 5.32 Å². The van der Waals surface area contributed by atoms with Crippen LogP contribution in [0.5, 0.6) is 0 Å². The SMILES string of the molecule is CC(NCCO)n1ccnc1. The van der Waals surface area contributed by atoms with Crippen molar-refractivity contribution in [3.8, 4) is 0 Å². The molecule has 0 radical (unpaired) electrons. The number of hydrogen-bond donors (Lipinski definition) is 2. The maximum atomic E-state index is 8.53. The van der Waals surface area contributed by atoms with Crippen LogP contribution in [0.1, 0.15) is 13.1 Å². The van der Waals surface area contributed by atoms with E-state index in [9.17, 15) is 0 Å². The van der Waals surface area contributed by atoms with E-state index in [4.69, 9.17) is 5.11 Å². The molecule has 0 saturated carbocycles. The zero-order valence-corrected chi connectivity index (χ0v) is 6.57. The van der Waals surface area contributed by atoms with Gasteiger partial charge in [-0.3, -0.25) is 5.32 Å². The number of hydrogen-bond acceptors (Lipinski definition) is 3. The highest BCUT2D eigenvalue weighted by Gasteiger charge is 1.99. The van der Waals surface area contributed by atoms with Crippen LogP contribution in [-0.4, -0.2) is 27.8 Å². The summed E-state index contributed by atoms with van der Waals surface area (Å²) in [4.78, 5) is 3.91. The van der Waals surface area contributed by atoms with Crippen LogP contribution >= 0.6 is 0 Å². The van der Waals surface area contributed by atoms with Gasteiger partial charge in [0.2, 0.25) is 0 Å². The van der Waals surface area contributed by atoms with Crippen molar-refractivity contribution < 1.29 is 5.11 Å². The van der Waals surface area contributed by atoms with E-state index in [0.29, 0.717) is 6.54 Å². The molecule has 4 heteroatoms. The van der Waals surface area contributed by atoms with E-state index in [1.54, 1.807) is 12.5 Å². The molecule has 11 heavy (non-hydrogen) atoms. The van der Waals surface area contributed by atoms with Crippen molar-refractivity contribution in [3.63, 3.8) is 0 Å². The molecule has 0 bridgehead atoms. The van der Waals surface area contributed by atoms with Crippen LogP contribution in [0.4, 0.5) is 0 Å². The fourth-order valence-electron chi connectivity index (χ4n) is 0.877. The Bertz CT molecular complexity index is 186. The van der Waals surface area contributed by atoms with Crippen LogP contribution in [0.15, 0.2) is 18.7 Å². The van der Waals surface area contributed by atoms with E-state index >= 15 is 0 Å². The Morgan fingerprint density at radius 1 is 1.73 bits per heavy atom. The molecule has 1 atom stereocenters. The van der Waals surface area contributed by atoms with Gasteiger partial charge in [-0.25, -0.2) is 4.98 Å². The average Bonchev–Trinajstić information content (AvgIpc) is 2.52. The smallest absolute Gasteiger partial charge is 0.0959 e. The van der Waals surface area contributed by atoms with Crippen molar-refractivity contribution in [1.82, 2.24) is 14.9 Å². The number of nitrogens with zero attached hydrogens (tertiary/aromatic N) is 2. The van der Waals surface area contributed by atoms with Crippen molar-refractivity contribution in [2.75, 3.05) is 13.2 Å². The summed E-state index contributed by atoms with van der Waals surface area (Å²) in [6, 6.07) is 0. The quantitative estimate of drug-likeness (QED) is 0.642. The lowest BCUT2D eigenvalue weighted by Gasteiger charge is -2.13. The van der Waals surface area contributed by atoms with Crippen molar-refractivity contribution in [2.45, 2.75) is 13.1 Å². The molecule has 1 aromatic rings. The minimum atomic E-state index is 0.166. The fraction of sp³-hybridized carbons (Fsp3) is 0.571. The first-order chi connectivity index (χ1) is 5.34. The third-order valence-electron chi connectivity index (χ3n) is 1.52. The molecule has 1 heterocycles. The number of nitrogens with one attached hydrogen (secondary N) is 1. The molecule has 0 saturated heterocycles. The molecule has 0 amide bonds. The molecule has 0 aliphatic heterocycles. The van der Waals surface area contributed by atoms with E-state index in [0.717, 1.165) is 0 Å². The van der Waals surface area contributed by atoms with E-state index < -0.39 is 0 Å². The summed E-state index contributed by atoms with van der Waals surface area (Å²) in [6.45, 7) is 2.79. The maximum absolute atomic E-state index is 8.53. The Labute approximate surface area is 65.9 Å². The number of rotatable bonds is 4.